The number of rotatable bonds is 6. The van der Waals surface area contributed by atoms with Crippen LogP contribution in [0.25, 0.3) is 17.1 Å². The predicted octanol–water partition coefficient (Wildman–Crippen LogP) is 4.47. The van der Waals surface area contributed by atoms with E-state index in [-0.39, 0.29) is 5.91 Å². The Bertz CT molecular complexity index is 1170. The van der Waals surface area contributed by atoms with Gasteiger partial charge in [0, 0.05) is 19.8 Å². The molecule has 4 aromatic rings. The van der Waals surface area contributed by atoms with E-state index in [0.29, 0.717) is 12.2 Å². The van der Waals surface area contributed by atoms with E-state index in [9.17, 15) is 4.79 Å². The van der Waals surface area contributed by atoms with E-state index in [1.165, 1.54) is 5.56 Å². The van der Waals surface area contributed by atoms with Crippen LogP contribution in [0.15, 0.2) is 72.9 Å². The molecule has 0 unspecified atom stereocenters. The van der Waals surface area contributed by atoms with Crippen molar-refractivity contribution in [3.63, 3.8) is 0 Å². The number of amides is 1. The van der Waals surface area contributed by atoms with Gasteiger partial charge in [-0.25, -0.2) is 4.68 Å². The summed E-state index contributed by atoms with van der Waals surface area (Å²) < 4.78 is 3.77. The Morgan fingerprint density at radius 1 is 1.00 bits per heavy atom. The van der Waals surface area contributed by atoms with Crippen molar-refractivity contribution < 1.29 is 4.79 Å². The molecule has 2 aromatic carbocycles. The molecule has 1 N–H and O–H groups in total. The summed E-state index contributed by atoms with van der Waals surface area (Å²) in [6.45, 7) is 4.65. The topological polar surface area (TPSA) is 51.9 Å². The average Bonchev–Trinajstić information content (AvgIpc) is 3.36. The van der Waals surface area contributed by atoms with Crippen LogP contribution >= 0.6 is 0 Å². The summed E-state index contributed by atoms with van der Waals surface area (Å²) in [6.07, 6.45) is 2.76. The van der Waals surface area contributed by atoms with Crippen LogP contribution in [0.5, 0.6) is 0 Å². The Hall–Kier alpha value is -3.60. The van der Waals surface area contributed by atoms with Crippen LogP contribution in [0.4, 0.5) is 0 Å². The number of aryl methyl sites for hydroxylation is 3. The van der Waals surface area contributed by atoms with Crippen molar-refractivity contribution in [1.29, 1.82) is 0 Å². The fourth-order valence-electron chi connectivity index (χ4n) is 3.58. The standard InChI is InChI=1S/C25H26N4O/c1-18-11-12-19(2)23(16-18)29-24(17-21(27-29)22-10-7-15-28(22)3)25(30)26-14-13-20-8-5-4-6-9-20/h4-12,15-17H,13-14H2,1-3H3,(H,26,30). The van der Waals surface area contributed by atoms with E-state index in [1.807, 2.05) is 68.1 Å². The van der Waals surface area contributed by atoms with E-state index in [1.54, 1.807) is 4.68 Å². The Morgan fingerprint density at radius 3 is 2.53 bits per heavy atom. The summed E-state index contributed by atoms with van der Waals surface area (Å²) in [5.41, 5.74) is 6.60. The molecule has 0 aliphatic carbocycles. The maximum absolute atomic E-state index is 13.1. The summed E-state index contributed by atoms with van der Waals surface area (Å²) in [4.78, 5) is 13.1. The molecular formula is C25H26N4O. The molecule has 0 saturated carbocycles. The van der Waals surface area contributed by atoms with Crippen molar-refractivity contribution in [2.24, 2.45) is 7.05 Å². The van der Waals surface area contributed by atoms with E-state index >= 15 is 0 Å². The van der Waals surface area contributed by atoms with Crippen molar-refractivity contribution in [1.82, 2.24) is 19.7 Å². The van der Waals surface area contributed by atoms with Gasteiger partial charge in [0.15, 0.2) is 0 Å². The predicted molar refractivity (Wildman–Crippen MR) is 120 cm³/mol. The molecule has 2 aromatic heterocycles. The molecule has 0 saturated heterocycles. The lowest BCUT2D eigenvalue weighted by molar-refractivity contribution is 0.0946. The molecule has 2 heterocycles. The molecule has 0 fully saturated rings. The number of nitrogens with one attached hydrogen (secondary N) is 1. The summed E-state index contributed by atoms with van der Waals surface area (Å²) in [5, 5.41) is 7.87. The average molecular weight is 399 g/mol. The van der Waals surface area contributed by atoms with Gasteiger partial charge in [-0.15, -0.1) is 0 Å². The van der Waals surface area contributed by atoms with E-state index in [2.05, 4.69) is 35.6 Å². The zero-order valence-corrected chi connectivity index (χ0v) is 17.6. The zero-order chi connectivity index (χ0) is 21.1. The lowest BCUT2D eigenvalue weighted by atomic mass is 10.1. The highest BCUT2D eigenvalue weighted by atomic mass is 16.2. The molecule has 5 heteroatoms. The van der Waals surface area contributed by atoms with Crippen molar-refractivity contribution >= 4 is 5.91 Å². The van der Waals surface area contributed by atoms with Gasteiger partial charge in [-0.05, 0) is 61.2 Å². The molecule has 0 bridgehead atoms. The Morgan fingerprint density at radius 2 is 1.80 bits per heavy atom. The SMILES string of the molecule is Cc1ccc(C)c(-n2nc(-c3cccn3C)cc2C(=O)NCCc2ccccc2)c1. The molecule has 1 amide bonds. The second-order valence-corrected chi connectivity index (χ2v) is 7.61. The van der Waals surface area contributed by atoms with Crippen LogP contribution < -0.4 is 5.32 Å². The van der Waals surface area contributed by atoms with Crippen LogP contribution in [0.1, 0.15) is 27.2 Å². The van der Waals surface area contributed by atoms with Crippen molar-refractivity contribution in [3.8, 4) is 17.1 Å². The molecule has 152 valence electrons. The normalized spacial score (nSPS) is 10.9. The Balaban J connectivity index is 1.66. The minimum Gasteiger partial charge on any atom is -0.350 e. The van der Waals surface area contributed by atoms with Crippen molar-refractivity contribution in [2.45, 2.75) is 20.3 Å². The summed E-state index contributed by atoms with van der Waals surface area (Å²) in [5.74, 6) is -0.125. The van der Waals surface area contributed by atoms with E-state index < -0.39 is 0 Å². The first-order valence-corrected chi connectivity index (χ1v) is 10.1. The third-order valence-corrected chi connectivity index (χ3v) is 5.28. The molecule has 0 spiro atoms. The molecule has 5 nitrogen and oxygen atoms in total. The lowest BCUT2D eigenvalue weighted by Crippen LogP contribution is -2.28. The third-order valence-electron chi connectivity index (χ3n) is 5.28. The second kappa shape index (κ2) is 8.41. The third kappa shape index (κ3) is 4.06. The molecule has 4 rings (SSSR count). The highest BCUT2D eigenvalue weighted by Crippen LogP contribution is 2.24. The fraction of sp³-hybridized carbons (Fsp3) is 0.200. The second-order valence-electron chi connectivity index (χ2n) is 7.61. The minimum absolute atomic E-state index is 0.125. The Labute approximate surface area is 177 Å². The maximum atomic E-state index is 13.1. The fourth-order valence-corrected chi connectivity index (χ4v) is 3.58. The van der Waals surface area contributed by atoms with Gasteiger partial charge in [0.25, 0.3) is 5.91 Å². The number of aromatic nitrogens is 3. The number of hydrogen-bond acceptors (Lipinski definition) is 2. The minimum atomic E-state index is -0.125. The summed E-state index contributed by atoms with van der Waals surface area (Å²) >= 11 is 0. The number of hydrogen-bond donors (Lipinski definition) is 1. The summed E-state index contributed by atoms with van der Waals surface area (Å²) in [7, 11) is 1.98. The van der Waals surface area contributed by atoms with Crippen molar-refractivity contribution in [3.05, 3.63) is 95.3 Å². The quantitative estimate of drug-likeness (QED) is 0.521. The monoisotopic (exact) mass is 398 g/mol. The smallest absolute Gasteiger partial charge is 0.270 e. The van der Waals surface area contributed by atoms with E-state index in [4.69, 9.17) is 5.10 Å². The van der Waals surface area contributed by atoms with Gasteiger partial charge < -0.3 is 9.88 Å². The van der Waals surface area contributed by atoms with Gasteiger partial charge in [-0.1, -0.05) is 42.5 Å². The summed E-state index contributed by atoms with van der Waals surface area (Å²) in [6, 6.07) is 22.2. The highest BCUT2D eigenvalue weighted by Gasteiger charge is 2.19. The van der Waals surface area contributed by atoms with Gasteiger partial charge in [-0.3, -0.25) is 4.79 Å². The van der Waals surface area contributed by atoms with Crippen LogP contribution in [-0.4, -0.2) is 26.8 Å². The van der Waals surface area contributed by atoms with Crippen molar-refractivity contribution in [2.75, 3.05) is 6.54 Å². The van der Waals surface area contributed by atoms with E-state index in [0.717, 1.165) is 34.6 Å². The lowest BCUT2D eigenvalue weighted by Gasteiger charge is -2.11. The molecule has 30 heavy (non-hydrogen) atoms. The molecule has 0 atom stereocenters. The maximum Gasteiger partial charge on any atom is 0.270 e. The number of carbonyl (C=O) groups excluding carboxylic acids is 1. The Kier molecular flexibility index (Phi) is 5.53. The first-order chi connectivity index (χ1) is 14.5. The number of benzene rings is 2. The van der Waals surface area contributed by atoms with Gasteiger partial charge in [0.2, 0.25) is 0 Å². The molecule has 0 aliphatic rings. The zero-order valence-electron chi connectivity index (χ0n) is 17.6. The van der Waals surface area contributed by atoms with Gasteiger partial charge in [-0.2, -0.15) is 5.10 Å². The van der Waals surface area contributed by atoms with Crippen LogP contribution in [0.2, 0.25) is 0 Å². The van der Waals surface area contributed by atoms with Crippen LogP contribution in [0.3, 0.4) is 0 Å². The van der Waals surface area contributed by atoms with Gasteiger partial charge >= 0.3 is 0 Å². The molecule has 0 aliphatic heterocycles. The van der Waals surface area contributed by atoms with Gasteiger partial charge in [0.1, 0.15) is 11.4 Å². The van der Waals surface area contributed by atoms with Gasteiger partial charge in [0.05, 0.1) is 11.4 Å². The van der Waals surface area contributed by atoms with Crippen LogP contribution in [-0.2, 0) is 13.5 Å². The largest absolute Gasteiger partial charge is 0.350 e. The molecular weight excluding hydrogens is 372 g/mol. The number of carbonyl (C=O) groups is 1. The first kappa shape index (κ1) is 19.7. The molecule has 0 radical (unpaired) electrons. The first-order valence-electron chi connectivity index (χ1n) is 10.1. The van der Waals surface area contributed by atoms with Crippen LogP contribution in [0, 0.1) is 13.8 Å². The highest BCUT2D eigenvalue weighted by molar-refractivity contribution is 5.94. The number of nitrogens with zero attached hydrogens (tertiary/aromatic N) is 3.